The quantitative estimate of drug-likeness (QED) is 0.872. The molecule has 1 saturated heterocycles. The monoisotopic (exact) mass is 343 g/mol. The summed E-state index contributed by atoms with van der Waals surface area (Å²) in [4.78, 5) is 14.8. The third-order valence-electron chi connectivity index (χ3n) is 4.62. The Kier molecular flexibility index (Phi) is 5.83. The third-order valence-corrected chi connectivity index (χ3v) is 4.62. The number of carbonyl (C=O) groups is 1. The minimum absolute atomic E-state index is 0.178. The van der Waals surface area contributed by atoms with Crippen LogP contribution >= 0.6 is 0 Å². The van der Waals surface area contributed by atoms with Gasteiger partial charge in [-0.05, 0) is 18.4 Å². The highest BCUT2D eigenvalue weighted by Crippen LogP contribution is 2.18. The lowest BCUT2D eigenvalue weighted by Gasteiger charge is -2.26. The maximum absolute atomic E-state index is 12.6. The van der Waals surface area contributed by atoms with E-state index in [1.807, 2.05) is 25.1 Å². The first kappa shape index (κ1) is 17.6. The molecule has 1 atom stereocenters. The Balaban J connectivity index is 1.62. The van der Waals surface area contributed by atoms with Gasteiger partial charge in [0.25, 0.3) is 5.91 Å². The van der Waals surface area contributed by atoms with Gasteiger partial charge < -0.3 is 14.6 Å². The molecule has 0 spiro atoms. The van der Waals surface area contributed by atoms with Gasteiger partial charge in [0.2, 0.25) is 0 Å². The molecule has 2 aromatic rings. The van der Waals surface area contributed by atoms with Crippen molar-refractivity contribution < 1.29 is 14.1 Å². The van der Waals surface area contributed by atoms with Gasteiger partial charge >= 0.3 is 0 Å². The van der Waals surface area contributed by atoms with Crippen LogP contribution in [-0.4, -0.2) is 48.8 Å². The highest BCUT2D eigenvalue weighted by atomic mass is 16.5. The fourth-order valence-electron chi connectivity index (χ4n) is 2.97. The first-order valence-electron chi connectivity index (χ1n) is 8.73. The van der Waals surface area contributed by atoms with E-state index in [1.165, 1.54) is 5.56 Å². The van der Waals surface area contributed by atoms with Gasteiger partial charge in [0.05, 0.1) is 13.2 Å². The predicted octanol–water partition coefficient (Wildman–Crippen LogP) is 2.35. The summed E-state index contributed by atoms with van der Waals surface area (Å²) in [6.07, 6.45) is 0. The number of hydrogen-bond acceptors (Lipinski definition) is 5. The largest absolute Gasteiger partial charge is 0.379 e. The molecule has 6 heteroatoms. The number of aromatic nitrogens is 1. The number of benzene rings is 1. The molecule has 0 aliphatic carbocycles. The van der Waals surface area contributed by atoms with Crippen molar-refractivity contribution in [2.24, 2.45) is 0 Å². The fourth-order valence-corrected chi connectivity index (χ4v) is 2.97. The highest BCUT2D eigenvalue weighted by Gasteiger charge is 2.23. The number of ether oxygens (including phenoxy) is 1. The standard InChI is InChI=1S/C19H25N3O3/c1-14(16-6-4-3-5-7-16)12-20-19(23)18-17(15(2)25-21-18)13-22-8-10-24-11-9-22/h3-7,14H,8-13H2,1-2H3,(H,20,23). The second-order valence-corrected chi connectivity index (χ2v) is 6.48. The van der Waals surface area contributed by atoms with E-state index in [2.05, 4.69) is 34.4 Å². The van der Waals surface area contributed by atoms with Crippen molar-refractivity contribution in [2.75, 3.05) is 32.8 Å². The van der Waals surface area contributed by atoms with E-state index in [-0.39, 0.29) is 11.8 Å². The van der Waals surface area contributed by atoms with Gasteiger partial charge in [0.15, 0.2) is 5.69 Å². The maximum Gasteiger partial charge on any atom is 0.273 e. The Morgan fingerprint density at radius 3 is 2.72 bits per heavy atom. The molecular weight excluding hydrogens is 318 g/mol. The summed E-state index contributed by atoms with van der Waals surface area (Å²) in [5, 5.41) is 6.97. The Morgan fingerprint density at radius 2 is 2.00 bits per heavy atom. The van der Waals surface area contributed by atoms with Crippen LogP contribution in [0.3, 0.4) is 0 Å². The molecule has 1 unspecified atom stereocenters. The Hall–Kier alpha value is -2.18. The van der Waals surface area contributed by atoms with Gasteiger partial charge in [0, 0.05) is 31.7 Å². The summed E-state index contributed by atoms with van der Waals surface area (Å²) in [5.41, 5.74) is 2.46. The molecule has 0 saturated carbocycles. The second-order valence-electron chi connectivity index (χ2n) is 6.48. The number of amides is 1. The zero-order chi connectivity index (χ0) is 17.6. The van der Waals surface area contributed by atoms with Crippen LogP contribution in [0.5, 0.6) is 0 Å². The van der Waals surface area contributed by atoms with E-state index in [0.29, 0.717) is 24.5 Å². The second kappa shape index (κ2) is 8.27. The van der Waals surface area contributed by atoms with Gasteiger partial charge in [0.1, 0.15) is 5.76 Å². The normalized spacial score (nSPS) is 16.6. The van der Waals surface area contributed by atoms with Crippen molar-refractivity contribution in [3.05, 3.63) is 52.9 Å². The molecular formula is C19H25N3O3. The van der Waals surface area contributed by atoms with Crippen molar-refractivity contribution in [3.63, 3.8) is 0 Å². The number of nitrogens with one attached hydrogen (secondary N) is 1. The molecule has 0 radical (unpaired) electrons. The van der Waals surface area contributed by atoms with Crippen LogP contribution in [0.15, 0.2) is 34.9 Å². The molecule has 1 amide bonds. The van der Waals surface area contributed by atoms with Crippen LogP contribution in [0.4, 0.5) is 0 Å². The molecule has 6 nitrogen and oxygen atoms in total. The number of nitrogens with zero attached hydrogens (tertiary/aromatic N) is 2. The lowest BCUT2D eigenvalue weighted by Crippen LogP contribution is -2.36. The summed E-state index contributed by atoms with van der Waals surface area (Å²) >= 11 is 0. The molecule has 0 bridgehead atoms. The van der Waals surface area contributed by atoms with Crippen molar-refractivity contribution in [1.82, 2.24) is 15.4 Å². The SMILES string of the molecule is Cc1onc(C(=O)NCC(C)c2ccccc2)c1CN1CCOCC1. The fraction of sp³-hybridized carbons (Fsp3) is 0.474. The highest BCUT2D eigenvalue weighted by molar-refractivity contribution is 5.93. The minimum Gasteiger partial charge on any atom is -0.379 e. The van der Waals surface area contributed by atoms with Crippen molar-refractivity contribution in [2.45, 2.75) is 26.3 Å². The van der Waals surface area contributed by atoms with Crippen LogP contribution < -0.4 is 5.32 Å². The van der Waals surface area contributed by atoms with Gasteiger partial charge in [-0.2, -0.15) is 0 Å². The maximum atomic E-state index is 12.6. The van der Waals surface area contributed by atoms with E-state index < -0.39 is 0 Å². The van der Waals surface area contributed by atoms with Crippen LogP contribution in [0.2, 0.25) is 0 Å². The number of aryl methyl sites for hydroxylation is 1. The van der Waals surface area contributed by atoms with Gasteiger partial charge in [-0.1, -0.05) is 42.4 Å². The first-order valence-corrected chi connectivity index (χ1v) is 8.73. The minimum atomic E-state index is -0.178. The average Bonchev–Trinajstić information content (AvgIpc) is 3.01. The number of carbonyl (C=O) groups excluding carboxylic acids is 1. The van der Waals surface area contributed by atoms with Crippen molar-refractivity contribution >= 4 is 5.91 Å². The van der Waals surface area contributed by atoms with Crippen LogP contribution in [0, 0.1) is 6.92 Å². The molecule has 1 aliphatic heterocycles. The smallest absolute Gasteiger partial charge is 0.273 e. The molecule has 3 rings (SSSR count). The predicted molar refractivity (Wildman–Crippen MR) is 94.5 cm³/mol. The molecule has 134 valence electrons. The number of morpholine rings is 1. The summed E-state index contributed by atoms with van der Waals surface area (Å²) in [5.74, 6) is 0.761. The summed E-state index contributed by atoms with van der Waals surface area (Å²) in [6.45, 7) is 8.33. The molecule has 25 heavy (non-hydrogen) atoms. The van der Waals surface area contributed by atoms with E-state index in [4.69, 9.17) is 9.26 Å². The molecule has 1 fully saturated rings. The lowest BCUT2D eigenvalue weighted by molar-refractivity contribution is 0.0339. The Labute approximate surface area is 148 Å². The lowest BCUT2D eigenvalue weighted by atomic mass is 10.0. The van der Waals surface area contributed by atoms with Gasteiger partial charge in [-0.25, -0.2) is 0 Å². The molecule has 1 N–H and O–H groups in total. The molecule has 1 aromatic carbocycles. The number of rotatable bonds is 6. The average molecular weight is 343 g/mol. The molecule has 2 heterocycles. The van der Waals surface area contributed by atoms with Crippen LogP contribution in [0.25, 0.3) is 0 Å². The molecule has 1 aliphatic rings. The van der Waals surface area contributed by atoms with Crippen LogP contribution in [-0.2, 0) is 11.3 Å². The topological polar surface area (TPSA) is 67.6 Å². The summed E-state index contributed by atoms with van der Waals surface area (Å²) < 4.78 is 10.7. The summed E-state index contributed by atoms with van der Waals surface area (Å²) in [7, 11) is 0. The van der Waals surface area contributed by atoms with Crippen molar-refractivity contribution in [3.8, 4) is 0 Å². The van der Waals surface area contributed by atoms with E-state index in [0.717, 1.165) is 31.9 Å². The number of hydrogen-bond donors (Lipinski definition) is 1. The Morgan fingerprint density at radius 1 is 1.28 bits per heavy atom. The zero-order valence-electron chi connectivity index (χ0n) is 14.8. The van der Waals surface area contributed by atoms with E-state index in [9.17, 15) is 4.79 Å². The van der Waals surface area contributed by atoms with Gasteiger partial charge in [-0.15, -0.1) is 0 Å². The molecule has 1 aromatic heterocycles. The van der Waals surface area contributed by atoms with Crippen molar-refractivity contribution in [1.29, 1.82) is 0 Å². The van der Waals surface area contributed by atoms with E-state index in [1.54, 1.807) is 0 Å². The Bertz CT molecular complexity index is 693. The first-order chi connectivity index (χ1) is 12.1. The van der Waals surface area contributed by atoms with E-state index >= 15 is 0 Å². The van der Waals surface area contributed by atoms with Gasteiger partial charge in [-0.3, -0.25) is 9.69 Å². The third kappa shape index (κ3) is 4.46. The summed E-state index contributed by atoms with van der Waals surface area (Å²) in [6, 6.07) is 10.1. The van der Waals surface area contributed by atoms with Crippen LogP contribution in [0.1, 0.15) is 40.2 Å². The zero-order valence-corrected chi connectivity index (χ0v) is 14.8.